The van der Waals surface area contributed by atoms with Gasteiger partial charge in [0.15, 0.2) is 5.82 Å². The number of amides is 2. The number of piperidine rings is 1. The Morgan fingerprint density at radius 3 is 2.70 bits per heavy atom. The maximum atomic E-state index is 13.0. The average Bonchev–Trinajstić information content (AvgIpc) is 3.53. The highest BCUT2D eigenvalue weighted by molar-refractivity contribution is 5.75. The van der Waals surface area contributed by atoms with E-state index in [9.17, 15) is 4.79 Å². The molecule has 5 rings (SSSR count). The van der Waals surface area contributed by atoms with E-state index in [1.54, 1.807) is 6.07 Å². The smallest absolute Gasteiger partial charge is 0.317 e. The summed E-state index contributed by atoms with van der Waals surface area (Å²) >= 11 is 0. The van der Waals surface area contributed by atoms with Gasteiger partial charge in [-0.2, -0.15) is 4.98 Å². The molecule has 3 atom stereocenters. The van der Waals surface area contributed by atoms with Crippen molar-refractivity contribution in [2.45, 2.75) is 63.6 Å². The van der Waals surface area contributed by atoms with Crippen LogP contribution in [0.25, 0.3) is 11.5 Å². The number of fused-ring (bicyclic) bond motifs is 1. The van der Waals surface area contributed by atoms with Crippen LogP contribution in [0.1, 0.15) is 51.3 Å². The van der Waals surface area contributed by atoms with Gasteiger partial charge in [-0.15, -0.1) is 0 Å². The quantitative estimate of drug-likeness (QED) is 0.565. The molecule has 1 saturated carbocycles. The molecule has 1 aromatic heterocycles. The van der Waals surface area contributed by atoms with E-state index < -0.39 is 0 Å². The number of ether oxygens (including phenoxy) is 1. The standard InChI is InChI=1S/C28H38N6O3/c1-17(2)36-25-11-8-18(16-23(25)29)27-31-26(32-37-27)22-7-5-6-21-20(22)9-10-24(21)30-28(35)34-14-12-19(13-15-34)33(3)4/h5-8,11,16-17,19-20,22,24H,9-10,12-15,29H2,1-4H3,(H,30,35)/t20?,22?,24-/m0/s1. The predicted octanol–water partition coefficient (Wildman–Crippen LogP) is 4.20. The van der Waals surface area contributed by atoms with Crippen LogP contribution in [0.4, 0.5) is 10.5 Å². The predicted molar refractivity (Wildman–Crippen MR) is 143 cm³/mol. The lowest BCUT2D eigenvalue weighted by Gasteiger charge is -2.36. The van der Waals surface area contributed by atoms with Crippen molar-refractivity contribution in [3.05, 3.63) is 47.8 Å². The van der Waals surface area contributed by atoms with Crippen molar-refractivity contribution in [2.75, 3.05) is 32.9 Å². The number of nitrogens with one attached hydrogen (secondary N) is 1. The van der Waals surface area contributed by atoms with Gasteiger partial charge >= 0.3 is 6.03 Å². The summed E-state index contributed by atoms with van der Waals surface area (Å²) in [4.78, 5) is 22.0. The first-order valence-electron chi connectivity index (χ1n) is 13.3. The van der Waals surface area contributed by atoms with Gasteiger partial charge in [0.2, 0.25) is 0 Å². The molecule has 0 bridgehead atoms. The van der Waals surface area contributed by atoms with E-state index in [1.807, 2.05) is 30.9 Å². The first-order valence-corrected chi connectivity index (χ1v) is 13.3. The number of rotatable bonds is 6. The normalized spacial score (nSPS) is 23.9. The zero-order valence-electron chi connectivity index (χ0n) is 22.2. The maximum absolute atomic E-state index is 13.0. The van der Waals surface area contributed by atoms with Gasteiger partial charge in [0.1, 0.15) is 5.75 Å². The van der Waals surface area contributed by atoms with Crippen molar-refractivity contribution >= 4 is 11.7 Å². The van der Waals surface area contributed by atoms with Crippen molar-refractivity contribution in [3.8, 4) is 17.2 Å². The Balaban J connectivity index is 1.23. The van der Waals surface area contributed by atoms with Crippen LogP contribution in [-0.4, -0.2) is 71.3 Å². The molecule has 0 radical (unpaired) electrons. The molecule has 9 nitrogen and oxygen atoms in total. The Morgan fingerprint density at radius 1 is 1.22 bits per heavy atom. The summed E-state index contributed by atoms with van der Waals surface area (Å²) in [5.74, 6) is 1.99. The molecule has 9 heteroatoms. The third-order valence-corrected chi connectivity index (χ3v) is 7.78. The van der Waals surface area contributed by atoms with E-state index in [4.69, 9.17) is 20.0 Å². The lowest BCUT2D eigenvalue weighted by atomic mass is 9.83. The van der Waals surface area contributed by atoms with Crippen molar-refractivity contribution in [1.29, 1.82) is 0 Å². The molecule has 2 fully saturated rings. The van der Waals surface area contributed by atoms with E-state index in [-0.39, 0.29) is 30.0 Å². The fourth-order valence-electron chi connectivity index (χ4n) is 5.76. The number of urea groups is 1. The number of nitrogens with two attached hydrogens (primary N) is 1. The minimum Gasteiger partial charge on any atom is -0.489 e. The van der Waals surface area contributed by atoms with Gasteiger partial charge in [0.05, 0.1) is 17.8 Å². The summed E-state index contributed by atoms with van der Waals surface area (Å²) in [5.41, 5.74) is 8.72. The molecule has 2 amide bonds. The number of carbonyl (C=O) groups is 1. The summed E-state index contributed by atoms with van der Waals surface area (Å²) in [6.07, 6.45) is 10.3. The number of hydrogen-bond acceptors (Lipinski definition) is 7. The summed E-state index contributed by atoms with van der Waals surface area (Å²) in [6, 6.07) is 6.16. The molecule has 3 aliphatic rings. The zero-order chi connectivity index (χ0) is 26.1. The first kappa shape index (κ1) is 25.3. The number of allylic oxidation sites excluding steroid dienone is 3. The van der Waals surface area contributed by atoms with Gasteiger partial charge in [-0.05, 0) is 83.3 Å². The number of likely N-dealkylation sites (tertiary alicyclic amines) is 1. The molecular formula is C28H38N6O3. The number of benzene rings is 1. The second kappa shape index (κ2) is 10.6. The molecule has 1 aliphatic heterocycles. The highest BCUT2D eigenvalue weighted by Crippen LogP contribution is 2.44. The van der Waals surface area contributed by atoms with Crippen LogP contribution in [0.2, 0.25) is 0 Å². The summed E-state index contributed by atoms with van der Waals surface area (Å²) in [6.45, 7) is 5.52. The number of anilines is 1. The Bertz CT molecular complexity index is 1180. The fraction of sp³-hybridized carbons (Fsp3) is 0.536. The first-order chi connectivity index (χ1) is 17.8. The van der Waals surface area contributed by atoms with Crippen LogP contribution in [0.5, 0.6) is 5.75 Å². The van der Waals surface area contributed by atoms with Crippen molar-refractivity contribution in [1.82, 2.24) is 25.3 Å². The Kier molecular flexibility index (Phi) is 7.24. The van der Waals surface area contributed by atoms with Gasteiger partial charge in [0.25, 0.3) is 5.89 Å². The van der Waals surface area contributed by atoms with E-state index in [0.717, 1.165) is 44.3 Å². The molecule has 2 aliphatic carbocycles. The molecule has 198 valence electrons. The molecular weight excluding hydrogens is 468 g/mol. The Morgan fingerprint density at radius 2 is 2.00 bits per heavy atom. The topological polar surface area (TPSA) is 110 Å². The summed E-state index contributed by atoms with van der Waals surface area (Å²) in [5, 5.41) is 7.62. The SMILES string of the molecule is CC(C)Oc1ccc(-c2nc(C3C=CC=C4C3CC[C@@H]4NC(=O)N3CCC(N(C)C)CC3)no2)cc1N. The second-order valence-corrected chi connectivity index (χ2v) is 10.8. The third kappa shape index (κ3) is 5.37. The average molecular weight is 507 g/mol. The molecule has 0 spiro atoms. The second-order valence-electron chi connectivity index (χ2n) is 10.8. The Labute approximate surface area is 218 Å². The molecule has 1 saturated heterocycles. The summed E-state index contributed by atoms with van der Waals surface area (Å²) in [7, 11) is 4.22. The number of nitrogens with zero attached hydrogens (tertiary/aromatic N) is 4. The van der Waals surface area contributed by atoms with Gasteiger partial charge in [0, 0.05) is 30.6 Å². The molecule has 2 heterocycles. The molecule has 37 heavy (non-hydrogen) atoms. The van der Waals surface area contributed by atoms with E-state index >= 15 is 0 Å². The van der Waals surface area contributed by atoms with Crippen LogP contribution in [0, 0.1) is 5.92 Å². The largest absolute Gasteiger partial charge is 0.489 e. The van der Waals surface area contributed by atoms with Crippen LogP contribution in [0.15, 0.2) is 46.5 Å². The van der Waals surface area contributed by atoms with E-state index in [0.29, 0.717) is 29.2 Å². The number of aromatic nitrogens is 2. The van der Waals surface area contributed by atoms with Crippen LogP contribution >= 0.6 is 0 Å². The number of nitrogen functional groups attached to an aromatic ring is 1. The van der Waals surface area contributed by atoms with Gasteiger partial charge in [-0.3, -0.25) is 0 Å². The van der Waals surface area contributed by atoms with Gasteiger partial charge in [-0.25, -0.2) is 4.79 Å². The fourth-order valence-corrected chi connectivity index (χ4v) is 5.76. The highest BCUT2D eigenvalue weighted by Gasteiger charge is 2.39. The van der Waals surface area contributed by atoms with Crippen LogP contribution in [0.3, 0.4) is 0 Å². The van der Waals surface area contributed by atoms with E-state index in [2.05, 4.69) is 47.7 Å². The number of carbonyl (C=O) groups excluding carboxylic acids is 1. The van der Waals surface area contributed by atoms with Crippen LogP contribution < -0.4 is 15.8 Å². The maximum Gasteiger partial charge on any atom is 0.317 e. The van der Waals surface area contributed by atoms with Gasteiger partial charge < -0.3 is 30.1 Å². The highest BCUT2D eigenvalue weighted by atomic mass is 16.5. The molecule has 3 N–H and O–H groups in total. The van der Waals surface area contributed by atoms with Gasteiger partial charge in [-0.1, -0.05) is 23.4 Å². The lowest BCUT2D eigenvalue weighted by molar-refractivity contribution is 0.147. The molecule has 2 unspecified atom stereocenters. The minimum atomic E-state index is 0.0103. The van der Waals surface area contributed by atoms with Crippen molar-refractivity contribution in [2.24, 2.45) is 5.92 Å². The lowest BCUT2D eigenvalue weighted by Crippen LogP contribution is -2.50. The third-order valence-electron chi connectivity index (χ3n) is 7.78. The van der Waals surface area contributed by atoms with Crippen molar-refractivity contribution < 1.29 is 14.1 Å². The summed E-state index contributed by atoms with van der Waals surface area (Å²) < 4.78 is 11.4. The van der Waals surface area contributed by atoms with E-state index in [1.165, 1.54) is 5.57 Å². The number of hydrogen-bond donors (Lipinski definition) is 2. The minimum absolute atomic E-state index is 0.0103. The monoisotopic (exact) mass is 506 g/mol. The Hall–Kier alpha value is -3.33. The molecule has 1 aromatic carbocycles. The van der Waals surface area contributed by atoms with Crippen LogP contribution in [-0.2, 0) is 0 Å². The zero-order valence-corrected chi connectivity index (χ0v) is 22.2. The molecule has 2 aromatic rings. The van der Waals surface area contributed by atoms with Crippen molar-refractivity contribution in [3.63, 3.8) is 0 Å².